The first-order chi connectivity index (χ1) is 36.5. The van der Waals surface area contributed by atoms with Gasteiger partial charge in [0.25, 0.3) is 0 Å². The Kier molecular flexibility index (Phi) is 18.7. The molecule has 32 atom stereocenters. The molecule has 77 heavy (non-hydrogen) atoms. The highest BCUT2D eigenvalue weighted by atomic mass is 16.8. The van der Waals surface area contributed by atoms with Gasteiger partial charge in [0, 0.05) is 0 Å². The first-order valence-electron chi connectivity index (χ1n) is 28.0. The third kappa shape index (κ3) is 10.9. The van der Waals surface area contributed by atoms with Gasteiger partial charge in [-0.05, 0) is 105 Å². The van der Waals surface area contributed by atoms with Gasteiger partial charge in [-0.3, -0.25) is 0 Å². The van der Waals surface area contributed by atoms with Crippen LogP contribution in [0.1, 0.15) is 92.4 Å². The third-order valence-electron chi connectivity index (χ3n) is 20.4. The molecule has 0 amide bonds. The topological polar surface area (TPSA) is 387 Å². The maximum absolute atomic E-state index is 12.2. The van der Waals surface area contributed by atoms with Crippen LogP contribution in [0.3, 0.4) is 0 Å². The Morgan fingerprint density at radius 1 is 0.558 bits per heavy atom. The number of fused-ring (bicyclic) bond motifs is 5. The fourth-order valence-electron chi connectivity index (χ4n) is 15.7. The van der Waals surface area contributed by atoms with Crippen molar-refractivity contribution in [1.29, 1.82) is 0 Å². The molecule has 0 aromatic carbocycles. The summed E-state index contributed by atoms with van der Waals surface area (Å²) in [4.78, 5) is 0. The van der Waals surface area contributed by atoms with E-state index in [1.807, 2.05) is 6.92 Å². The molecule has 0 bridgehead atoms. The van der Waals surface area contributed by atoms with Crippen molar-refractivity contribution in [3.05, 3.63) is 11.6 Å². The van der Waals surface area contributed by atoms with Gasteiger partial charge in [0.15, 0.2) is 25.2 Å². The van der Waals surface area contributed by atoms with E-state index >= 15 is 0 Å². The Morgan fingerprint density at radius 2 is 1.05 bits per heavy atom. The second kappa shape index (κ2) is 23.8. The summed E-state index contributed by atoms with van der Waals surface area (Å²) in [5, 5.41) is 159. The minimum Gasteiger partial charge on any atom is -0.394 e. The number of aliphatic hydroxyl groups is 15. The van der Waals surface area contributed by atoms with E-state index in [2.05, 4.69) is 33.8 Å². The molecule has 0 unspecified atom stereocenters. The summed E-state index contributed by atoms with van der Waals surface area (Å²) in [5.41, 5.74) is 0.105. The van der Waals surface area contributed by atoms with Crippen molar-refractivity contribution in [2.45, 2.75) is 239 Å². The van der Waals surface area contributed by atoms with Gasteiger partial charge in [0.2, 0.25) is 0 Å². The van der Waals surface area contributed by atoms with Crippen LogP contribution < -0.4 is 0 Å². The zero-order valence-corrected chi connectivity index (χ0v) is 44.6. The maximum atomic E-state index is 12.2. The average Bonchev–Trinajstić information content (AvgIpc) is 3.93. The summed E-state index contributed by atoms with van der Waals surface area (Å²) in [6.07, 6.45) is -23.6. The number of ether oxygens (including phenoxy) is 9. The van der Waals surface area contributed by atoms with Crippen LogP contribution in [0.25, 0.3) is 0 Å². The van der Waals surface area contributed by atoms with Gasteiger partial charge in [0.1, 0.15) is 97.7 Å². The zero-order valence-electron chi connectivity index (χ0n) is 44.6. The SMILES string of the molecule is CC[C@H]1C[C@H]([C@@H](C)[C@H]2[C@@H](O)C[C@H]3C4=CC[C@H]5C[C@@H](O[C@@H]6O[C@H](CO)[C@@H](O)[C@H](O)[C@H]6O[C@@H]6O[C@H](CO)[C@@H](O)[C@H](O)[C@H]6O)CC[C@]5(C)[C@H]4CC[C@]23C)O[C@]1(C)CO[C@@H]1O[C@H](CO)[C@@H](O)[C@H](O)[C@H]1O[C@@H]1O[C@H](CO)[C@@H](O)[C@H](O)[C@H]1O. The first-order valence-corrected chi connectivity index (χ1v) is 28.0. The molecule has 4 aliphatic carbocycles. The van der Waals surface area contributed by atoms with Crippen LogP contribution in [-0.2, 0) is 42.6 Å². The van der Waals surface area contributed by atoms with Crippen LogP contribution in [0.15, 0.2) is 11.6 Å². The van der Waals surface area contributed by atoms with E-state index in [9.17, 15) is 76.6 Å². The molecule has 3 saturated carbocycles. The molecule has 9 aliphatic rings. The molecule has 5 aliphatic heterocycles. The van der Waals surface area contributed by atoms with Crippen molar-refractivity contribution in [3.8, 4) is 0 Å². The van der Waals surface area contributed by atoms with Crippen LogP contribution >= 0.6 is 0 Å². The second-order valence-corrected chi connectivity index (χ2v) is 24.6. The molecule has 444 valence electrons. The van der Waals surface area contributed by atoms with Crippen LogP contribution in [0, 0.1) is 46.3 Å². The number of aliphatic hydroxyl groups excluding tert-OH is 15. The molecule has 8 fully saturated rings. The summed E-state index contributed by atoms with van der Waals surface area (Å²) >= 11 is 0. The smallest absolute Gasteiger partial charge is 0.187 e. The van der Waals surface area contributed by atoms with Crippen molar-refractivity contribution in [2.24, 2.45) is 46.3 Å². The van der Waals surface area contributed by atoms with Crippen LogP contribution in [-0.4, -0.2) is 256 Å². The predicted molar refractivity (Wildman–Crippen MR) is 261 cm³/mol. The Morgan fingerprint density at radius 3 is 1.58 bits per heavy atom. The van der Waals surface area contributed by atoms with Crippen LogP contribution in [0.5, 0.6) is 0 Å². The molecule has 15 N–H and O–H groups in total. The lowest BCUT2D eigenvalue weighted by molar-refractivity contribution is -0.373. The monoisotopic (exact) mass is 1110 g/mol. The van der Waals surface area contributed by atoms with Crippen molar-refractivity contribution >= 4 is 0 Å². The highest BCUT2D eigenvalue weighted by molar-refractivity contribution is 5.29. The molecule has 5 saturated heterocycles. The molecule has 0 radical (unpaired) electrons. The fourth-order valence-corrected chi connectivity index (χ4v) is 15.7. The Bertz CT molecular complexity index is 1990. The largest absolute Gasteiger partial charge is 0.394 e. The molecular weight excluding hydrogens is 1020 g/mol. The minimum atomic E-state index is -1.82. The molecule has 0 aromatic heterocycles. The summed E-state index contributed by atoms with van der Waals surface area (Å²) in [5.74, 6) is 0.335. The van der Waals surface area contributed by atoms with Gasteiger partial charge in [0.05, 0.1) is 56.9 Å². The van der Waals surface area contributed by atoms with Crippen LogP contribution in [0.4, 0.5) is 0 Å². The molecule has 9 rings (SSSR count). The highest BCUT2D eigenvalue weighted by Crippen LogP contribution is 2.67. The normalized spacial score (nSPS) is 54.5. The van der Waals surface area contributed by atoms with Gasteiger partial charge in [-0.15, -0.1) is 0 Å². The molecule has 0 spiro atoms. The summed E-state index contributed by atoms with van der Waals surface area (Å²) in [6, 6.07) is 0. The maximum Gasteiger partial charge on any atom is 0.187 e. The fraction of sp³-hybridized carbons (Fsp3) is 0.962. The first kappa shape index (κ1) is 60.4. The molecule has 5 heterocycles. The predicted octanol–water partition coefficient (Wildman–Crippen LogP) is -3.60. The van der Waals surface area contributed by atoms with Gasteiger partial charge in [-0.1, -0.05) is 45.8 Å². The Labute approximate surface area is 448 Å². The van der Waals surface area contributed by atoms with E-state index in [4.69, 9.17) is 42.6 Å². The summed E-state index contributed by atoms with van der Waals surface area (Å²) in [6.45, 7) is 7.98. The van der Waals surface area contributed by atoms with Gasteiger partial charge >= 0.3 is 0 Å². The number of hydrogen-bond donors (Lipinski definition) is 15. The lowest BCUT2D eigenvalue weighted by atomic mass is 9.47. The van der Waals surface area contributed by atoms with Crippen molar-refractivity contribution in [2.75, 3.05) is 33.0 Å². The average molecular weight is 1110 g/mol. The molecular formula is C53H88O24. The molecule has 0 aromatic rings. The van der Waals surface area contributed by atoms with E-state index in [-0.39, 0.29) is 59.0 Å². The summed E-state index contributed by atoms with van der Waals surface area (Å²) < 4.78 is 54.8. The van der Waals surface area contributed by atoms with Gasteiger partial charge in [-0.2, -0.15) is 0 Å². The van der Waals surface area contributed by atoms with E-state index in [0.29, 0.717) is 32.1 Å². The second-order valence-electron chi connectivity index (χ2n) is 24.6. The molecule has 24 heteroatoms. The van der Waals surface area contributed by atoms with Crippen LogP contribution in [0.2, 0.25) is 0 Å². The van der Waals surface area contributed by atoms with E-state index in [1.54, 1.807) is 0 Å². The van der Waals surface area contributed by atoms with E-state index in [0.717, 1.165) is 25.7 Å². The van der Waals surface area contributed by atoms with E-state index < -0.39 is 167 Å². The third-order valence-corrected chi connectivity index (χ3v) is 20.4. The summed E-state index contributed by atoms with van der Waals surface area (Å²) in [7, 11) is 0. The van der Waals surface area contributed by atoms with E-state index in [1.165, 1.54) is 5.57 Å². The van der Waals surface area contributed by atoms with Crippen molar-refractivity contribution in [1.82, 2.24) is 0 Å². The van der Waals surface area contributed by atoms with Crippen molar-refractivity contribution < 1.29 is 119 Å². The van der Waals surface area contributed by atoms with Gasteiger partial charge < -0.3 is 119 Å². The number of allylic oxidation sites excluding steroid dienone is 2. The standard InChI is InChI=1S/C53H88O24/c1-6-22-14-29(77-53(22,5)20-69-49-45(41(65)37(61)32(18-56)73-49)75-47-43(67)39(63)35(59)30(16-54)71-47)21(2)34-28(58)15-27-25-8-7-23-13-24(9-11-51(23,3)26(25)10-12-52(27,34)4)70-50-46(42(66)38(62)33(19-57)74-50)76-48-44(68)40(64)36(60)31(17-55)72-48/h8,21-24,26-50,54-68H,6-7,9-20H2,1-5H3/t21-,22+,23+,24+,26+,27+,28+,29-,30-,31-,32-,33-,34+,35-,36-,37-,38-,39+,40+,41+,42+,43-,44-,45-,46-,47+,48+,49-,50-,51+,52+,53-/m1/s1. The number of hydrogen-bond acceptors (Lipinski definition) is 24. The Hall–Kier alpha value is -1.22. The minimum absolute atomic E-state index is 0.0271. The van der Waals surface area contributed by atoms with Gasteiger partial charge in [-0.25, -0.2) is 0 Å². The lowest BCUT2D eigenvalue weighted by Crippen LogP contribution is -2.65. The quantitative estimate of drug-likeness (QED) is 0.0664. The Balaban J connectivity index is 0.856. The lowest BCUT2D eigenvalue weighted by Gasteiger charge is -2.58. The zero-order chi connectivity index (χ0) is 55.8. The number of rotatable bonds is 16. The van der Waals surface area contributed by atoms with Crippen molar-refractivity contribution in [3.63, 3.8) is 0 Å². The molecule has 24 nitrogen and oxygen atoms in total. The highest BCUT2D eigenvalue weighted by Gasteiger charge is 2.63.